The van der Waals surface area contributed by atoms with E-state index in [1.165, 1.54) is 0 Å². The van der Waals surface area contributed by atoms with Gasteiger partial charge in [0.2, 0.25) is 11.7 Å². The van der Waals surface area contributed by atoms with Crippen LogP contribution in [0.15, 0.2) is 9.59 Å². The average Bonchev–Trinajstić information content (AvgIpc) is 2.29. The number of carbonyl (C=O) groups is 1. The van der Waals surface area contributed by atoms with Crippen molar-refractivity contribution < 1.29 is 4.79 Å². The number of carbonyl (C=O) groups excluding carboxylic acids is 1. The van der Waals surface area contributed by atoms with E-state index in [0.717, 1.165) is 6.42 Å². The van der Waals surface area contributed by atoms with Gasteiger partial charge in [-0.25, -0.2) is 9.89 Å². The fourth-order valence-electron chi connectivity index (χ4n) is 1.12. The number of nitrogens with zero attached hydrogens (tertiary/aromatic N) is 1. The van der Waals surface area contributed by atoms with Crippen LogP contribution in [0.2, 0.25) is 0 Å². The minimum atomic E-state index is -0.691. The average molecular weight is 241 g/mol. The number of hydrogen-bond donors (Lipinski definition) is 4. The summed E-state index contributed by atoms with van der Waals surface area (Å²) in [5, 5.41) is 10.9. The van der Waals surface area contributed by atoms with Crippen LogP contribution in [0.25, 0.3) is 0 Å². The highest BCUT2D eigenvalue weighted by Gasteiger charge is 2.14. The van der Waals surface area contributed by atoms with Gasteiger partial charge in [-0.2, -0.15) is 0 Å². The number of hydrogen-bond acceptors (Lipinski definition) is 5. The van der Waals surface area contributed by atoms with Crippen LogP contribution in [0.3, 0.4) is 0 Å². The first-order chi connectivity index (χ1) is 8.04. The standard InChI is InChI=1S/C9H15N5O3/c1-3-4-10-7(15)5(2)11-6-8(16)12-9(17)14-13-6/h5H,3-4H2,1-2H3,(H,10,15)(H,11,13)(H2,12,14,16,17). The van der Waals surface area contributed by atoms with Crippen LogP contribution in [-0.4, -0.2) is 33.7 Å². The van der Waals surface area contributed by atoms with Crippen molar-refractivity contribution in [2.24, 2.45) is 0 Å². The lowest BCUT2D eigenvalue weighted by atomic mass is 10.3. The molecule has 0 aliphatic heterocycles. The maximum absolute atomic E-state index is 11.5. The molecule has 0 bridgehead atoms. The van der Waals surface area contributed by atoms with Crippen molar-refractivity contribution >= 4 is 11.7 Å². The van der Waals surface area contributed by atoms with Crippen molar-refractivity contribution in [1.82, 2.24) is 20.5 Å². The number of nitrogens with one attached hydrogen (secondary N) is 4. The number of amides is 1. The summed E-state index contributed by atoms with van der Waals surface area (Å²) < 4.78 is 0. The Morgan fingerprint density at radius 1 is 1.47 bits per heavy atom. The lowest BCUT2D eigenvalue weighted by Crippen LogP contribution is -2.40. The van der Waals surface area contributed by atoms with E-state index in [0.29, 0.717) is 6.54 Å². The van der Waals surface area contributed by atoms with Crippen LogP contribution < -0.4 is 21.9 Å². The van der Waals surface area contributed by atoms with Crippen LogP contribution in [-0.2, 0) is 4.79 Å². The molecular formula is C9H15N5O3. The van der Waals surface area contributed by atoms with Gasteiger partial charge in [0.05, 0.1) is 0 Å². The van der Waals surface area contributed by atoms with Gasteiger partial charge in [0.15, 0.2) is 0 Å². The molecule has 0 aliphatic rings. The van der Waals surface area contributed by atoms with Gasteiger partial charge >= 0.3 is 5.69 Å². The Bertz CT molecular complexity index is 492. The summed E-state index contributed by atoms with van der Waals surface area (Å²) >= 11 is 0. The lowest BCUT2D eigenvalue weighted by molar-refractivity contribution is -0.121. The molecule has 0 fully saturated rings. The minimum absolute atomic E-state index is 0.0938. The summed E-state index contributed by atoms with van der Waals surface area (Å²) in [6, 6.07) is -0.610. The monoisotopic (exact) mass is 241 g/mol. The van der Waals surface area contributed by atoms with Gasteiger partial charge in [-0.3, -0.25) is 14.6 Å². The smallest absolute Gasteiger partial charge is 0.342 e. The molecule has 8 heteroatoms. The van der Waals surface area contributed by atoms with Crippen LogP contribution in [0.4, 0.5) is 5.82 Å². The number of aromatic amines is 2. The van der Waals surface area contributed by atoms with Gasteiger partial charge in [-0.1, -0.05) is 6.92 Å². The van der Waals surface area contributed by atoms with Crippen molar-refractivity contribution in [3.8, 4) is 0 Å². The Kier molecular flexibility index (Phi) is 4.44. The highest BCUT2D eigenvalue weighted by molar-refractivity contribution is 5.83. The van der Waals surface area contributed by atoms with Crippen LogP contribution in [0, 0.1) is 0 Å². The number of rotatable bonds is 5. The second-order valence-corrected chi connectivity index (χ2v) is 3.51. The molecule has 1 rings (SSSR count). The Morgan fingerprint density at radius 2 is 2.18 bits per heavy atom. The number of H-pyrrole nitrogens is 2. The van der Waals surface area contributed by atoms with Gasteiger partial charge in [0.25, 0.3) is 5.56 Å². The third kappa shape index (κ3) is 3.74. The molecule has 1 aromatic rings. The van der Waals surface area contributed by atoms with Crippen molar-refractivity contribution in [3.63, 3.8) is 0 Å². The first kappa shape index (κ1) is 12.9. The van der Waals surface area contributed by atoms with E-state index in [-0.39, 0.29) is 11.7 Å². The Hall–Kier alpha value is -2.12. The normalized spacial score (nSPS) is 11.9. The van der Waals surface area contributed by atoms with Gasteiger partial charge in [0.1, 0.15) is 6.04 Å². The van der Waals surface area contributed by atoms with Crippen molar-refractivity contribution in [2.75, 3.05) is 11.9 Å². The predicted molar refractivity (Wildman–Crippen MR) is 61.9 cm³/mol. The molecule has 1 heterocycles. The second kappa shape index (κ2) is 5.83. The maximum atomic E-state index is 11.5. The summed E-state index contributed by atoms with van der Waals surface area (Å²) in [5.41, 5.74) is -1.35. The molecule has 0 spiro atoms. The molecule has 1 aromatic heterocycles. The molecule has 1 atom stereocenters. The fraction of sp³-hybridized carbons (Fsp3) is 0.556. The van der Waals surface area contributed by atoms with Crippen molar-refractivity contribution in [3.05, 3.63) is 20.8 Å². The summed E-state index contributed by atoms with van der Waals surface area (Å²) in [6.07, 6.45) is 0.829. The van der Waals surface area contributed by atoms with Gasteiger partial charge in [0, 0.05) is 6.54 Å². The molecular weight excluding hydrogens is 226 g/mol. The third-order valence-electron chi connectivity index (χ3n) is 2.01. The first-order valence-electron chi connectivity index (χ1n) is 5.27. The molecule has 0 saturated carbocycles. The molecule has 0 aliphatic carbocycles. The summed E-state index contributed by atoms with van der Waals surface area (Å²) in [6.45, 7) is 4.10. The van der Waals surface area contributed by atoms with E-state index < -0.39 is 17.3 Å². The third-order valence-corrected chi connectivity index (χ3v) is 2.01. The van der Waals surface area contributed by atoms with Crippen LogP contribution >= 0.6 is 0 Å². The number of aromatic nitrogens is 3. The van der Waals surface area contributed by atoms with E-state index in [4.69, 9.17) is 0 Å². The van der Waals surface area contributed by atoms with E-state index in [1.807, 2.05) is 11.9 Å². The van der Waals surface area contributed by atoms with Gasteiger partial charge in [-0.05, 0) is 13.3 Å². The number of anilines is 1. The molecule has 4 N–H and O–H groups in total. The SMILES string of the molecule is CCCNC(=O)C(C)Nc1n[nH]c(=O)[nH]c1=O. The highest BCUT2D eigenvalue weighted by atomic mass is 16.2. The summed E-state index contributed by atoms with van der Waals surface area (Å²) in [5.74, 6) is -0.331. The summed E-state index contributed by atoms with van der Waals surface area (Å²) in [4.78, 5) is 35.5. The topological polar surface area (TPSA) is 120 Å². The Balaban J connectivity index is 2.67. The van der Waals surface area contributed by atoms with E-state index in [9.17, 15) is 14.4 Å². The van der Waals surface area contributed by atoms with Gasteiger partial charge in [-0.15, -0.1) is 5.10 Å². The van der Waals surface area contributed by atoms with Crippen LogP contribution in [0.5, 0.6) is 0 Å². The zero-order valence-electron chi connectivity index (χ0n) is 9.66. The van der Waals surface area contributed by atoms with Crippen molar-refractivity contribution in [2.45, 2.75) is 26.3 Å². The highest BCUT2D eigenvalue weighted by Crippen LogP contribution is 1.93. The van der Waals surface area contributed by atoms with Crippen LogP contribution in [0.1, 0.15) is 20.3 Å². The Labute approximate surface area is 96.8 Å². The quantitative estimate of drug-likeness (QED) is 0.515. The molecule has 1 unspecified atom stereocenters. The fourth-order valence-corrected chi connectivity index (χ4v) is 1.12. The van der Waals surface area contributed by atoms with Crippen molar-refractivity contribution in [1.29, 1.82) is 0 Å². The van der Waals surface area contributed by atoms with Gasteiger partial charge < -0.3 is 10.6 Å². The molecule has 8 nitrogen and oxygen atoms in total. The minimum Gasteiger partial charge on any atom is -0.354 e. The molecule has 0 saturated heterocycles. The second-order valence-electron chi connectivity index (χ2n) is 3.51. The lowest BCUT2D eigenvalue weighted by Gasteiger charge is -2.12. The Morgan fingerprint density at radius 3 is 2.76 bits per heavy atom. The molecule has 17 heavy (non-hydrogen) atoms. The zero-order chi connectivity index (χ0) is 12.8. The molecule has 94 valence electrons. The molecule has 0 radical (unpaired) electrons. The van der Waals surface area contributed by atoms with E-state index >= 15 is 0 Å². The largest absolute Gasteiger partial charge is 0.354 e. The predicted octanol–water partition coefficient (Wildman–Crippen LogP) is -1.22. The summed E-state index contributed by atoms with van der Waals surface area (Å²) in [7, 11) is 0. The molecule has 0 aromatic carbocycles. The van der Waals surface area contributed by atoms with E-state index in [1.54, 1.807) is 6.92 Å². The van der Waals surface area contributed by atoms with E-state index in [2.05, 4.69) is 20.8 Å². The molecule has 1 amide bonds. The zero-order valence-corrected chi connectivity index (χ0v) is 9.66. The maximum Gasteiger partial charge on any atom is 0.342 e. The first-order valence-corrected chi connectivity index (χ1v) is 5.27.